The molecule has 2 aliphatic rings. The highest BCUT2D eigenvalue weighted by Crippen LogP contribution is 2.40. The normalized spacial score (nSPS) is 23.1. The van der Waals surface area contributed by atoms with Gasteiger partial charge < -0.3 is 9.80 Å². The highest BCUT2D eigenvalue weighted by molar-refractivity contribution is 5.80. The van der Waals surface area contributed by atoms with Gasteiger partial charge in [-0.05, 0) is 37.7 Å². The maximum absolute atomic E-state index is 13.0. The smallest absolute Gasteiger partial charge is 0.339 e. The van der Waals surface area contributed by atoms with E-state index in [4.69, 9.17) is 0 Å². The highest BCUT2D eigenvalue weighted by Gasteiger charge is 2.44. The summed E-state index contributed by atoms with van der Waals surface area (Å²) >= 11 is 0. The maximum Gasteiger partial charge on any atom is 0.391 e. The molecule has 2 unspecified atom stereocenters. The molecule has 29 heavy (non-hydrogen) atoms. The summed E-state index contributed by atoms with van der Waals surface area (Å²) in [5.41, 5.74) is 1.21. The Labute approximate surface area is 170 Å². The Hall–Kier alpha value is -2.05. The summed E-state index contributed by atoms with van der Waals surface area (Å²) in [5.74, 6) is -1.99. The molecule has 4 nitrogen and oxygen atoms in total. The standard InChI is InChI=1S/C22H29F3N2O2/c23-22(24,25)19-10-5-9-18(16-19)21(29)27-14-12-26(13-15-27)20(28)11-4-8-17-6-2-1-3-7-17/h1-3,6-7,18-19H,4-5,8-16H2. The molecule has 7 heteroatoms. The number of benzene rings is 1. The van der Waals surface area contributed by atoms with Gasteiger partial charge in [0.2, 0.25) is 11.8 Å². The lowest BCUT2D eigenvalue weighted by atomic mass is 9.80. The lowest BCUT2D eigenvalue weighted by Crippen LogP contribution is -2.52. The Bertz CT molecular complexity index is 685. The predicted molar refractivity (Wildman–Crippen MR) is 104 cm³/mol. The Kier molecular flexibility index (Phi) is 7.19. The molecule has 1 heterocycles. The Balaban J connectivity index is 1.41. The second-order valence-electron chi connectivity index (χ2n) is 8.15. The first-order chi connectivity index (χ1) is 13.8. The quantitative estimate of drug-likeness (QED) is 0.735. The fourth-order valence-corrected chi connectivity index (χ4v) is 4.39. The van der Waals surface area contributed by atoms with Crippen molar-refractivity contribution in [2.45, 2.75) is 51.1 Å². The van der Waals surface area contributed by atoms with Gasteiger partial charge in [0, 0.05) is 38.5 Å². The third kappa shape index (κ3) is 5.97. The number of carbonyl (C=O) groups excluding carboxylic acids is 2. The van der Waals surface area contributed by atoms with Crippen LogP contribution in [0.4, 0.5) is 13.2 Å². The van der Waals surface area contributed by atoms with Crippen LogP contribution in [0.5, 0.6) is 0 Å². The fraction of sp³-hybridized carbons (Fsp3) is 0.636. The summed E-state index contributed by atoms with van der Waals surface area (Å²) in [6.45, 7) is 1.75. The van der Waals surface area contributed by atoms with Gasteiger partial charge in [0.25, 0.3) is 0 Å². The van der Waals surface area contributed by atoms with Crippen LogP contribution in [0.1, 0.15) is 44.1 Å². The molecule has 1 saturated heterocycles. The average molecular weight is 410 g/mol. The number of rotatable bonds is 5. The van der Waals surface area contributed by atoms with Gasteiger partial charge in [0.05, 0.1) is 5.92 Å². The number of carbonyl (C=O) groups is 2. The van der Waals surface area contributed by atoms with Gasteiger partial charge >= 0.3 is 6.18 Å². The predicted octanol–water partition coefficient (Wildman–Crippen LogP) is 4.05. The number of nitrogens with zero attached hydrogens (tertiary/aromatic N) is 2. The van der Waals surface area contributed by atoms with Crippen LogP contribution in [-0.4, -0.2) is 54.0 Å². The molecule has 1 aromatic rings. The van der Waals surface area contributed by atoms with Crippen molar-refractivity contribution in [2.24, 2.45) is 11.8 Å². The first-order valence-corrected chi connectivity index (χ1v) is 10.5. The summed E-state index contributed by atoms with van der Waals surface area (Å²) in [7, 11) is 0. The Morgan fingerprint density at radius 2 is 1.62 bits per heavy atom. The van der Waals surface area contributed by atoms with Crippen molar-refractivity contribution in [3.8, 4) is 0 Å². The van der Waals surface area contributed by atoms with Gasteiger partial charge in [0.15, 0.2) is 0 Å². The van der Waals surface area contributed by atoms with Crippen molar-refractivity contribution >= 4 is 11.8 Å². The molecule has 0 radical (unpaired) electrons. The molecule has 0 bridgehead atoms. The monoisotopic (exact) mass is 410 g/mol. The molecule has 1 aromatic carbocycles. The first kappa shape index (κ1) is 21.7. The van der Waals surface area contributed by atoms with Crippen LogP contribution < -0.4 is 0 Å². The molecule has 2 amide bonds. The van der Waals surface area contributed by atoms with E-state index >= 15 is 0 Å². The molecular formula is C22H29F3N2O2. The zero-order chi connectivity index (χ0) is 20.9. The molecule has 0 spiro atoms. The minimum absolute atomic E-state index is 0.0860. The summed E-state index contributed by atoms with van der Waals surface area (Å²) < 4.78 is 39.0. The minimum atomic E-state index is -4.22. The van der Waals surface area contributed by atoms with Gasteiger partial charge in [-0.3, -0.25) is 9.59 Å². The van der Waals surface area contributed by atoms with Crippen LogP contribution >= 0.6 is 0 Å². The Morgan fingerprint density at radius 1 is 0.966 bits per heavy atom. The van der Waals surface area contributed by atoms with Crippen LogP contribution in [0.2, 0.25) is 0 Å². The van der Waals surface area contributed by atoms with Gasteiger partial charge in [-0.2, -0.15) is 13.2 Å². The van der Waals surface area contributed by atoms with E-state index in [2.05, 4.69) is 0 Å². The van der Waals surface area contributed by atoms with Crippen LogP contribution in [0, 0.1) is 11.8 Å². The average Bonchev–Trinajstić information content (AvgIpc) is 2.73. The minimum Gasteiger partial charge on any atom is -0.339 e. The van der Waals surface area contributed by atoms with E-state index < -0.39 is 18.0 Å². The van der Waals surface area contributed by atoms with Crippen LogP contribution in [0.3, 0.4) is 0 Å². The number of hydrogen-bond acceptors (Lipinski definition) is 2. The summed E-state index contributed by atoms with van der Waals surface area (Å²) in [4.78, 5) is 28.5. The van der Waals surface area contributed by atoms with Crippen LogP contribution in [0.15, 0.2) is 30.3 Å². The molecular weight excluding hydrogens is 381 g/mol. The lowest BCUT2D eigenvalue weighted by molar-refractivity contribution is -0.187. The summed E-state index contributed by atoms with van der Waals surface area (Å²) in [6, 6.07) is 10.0. The van der Waals surface area contributed by atoms with Gasteiger partial charge in [-0.25, -0.2) is 0 Å². The Morgan fingerprint density at radius 3 is 2.28 bits per heavy atom. The second-order valence-corrected chi connectivity index (χ2v) is 8.15. The first-order valence-electron chi connectivity index (χ1n) is 10.5. The second kappa shape index (κ2) is 9.63. The molecule has 3 rings (SSSR count). The van der Waals surface area contributed by atoms with E-state index in [1.807, 2.05) is 30.3 Å². The number of amides is 2. The third-order valence-corrected chi connectivity index (χ3v) is 6.13. The van der Waals surface area contributed by atoms with E-state index in [1.165, 1.54) is 5.56 Å². The van der Waals surface area contributed by atoms with Crippen molar-refractivity contribution in [1.29, 1.82) is 0 Å². The third-order valence-electron chi connectivity index (χ3n) is 6.13. The topological polar surface area (TPSA) is 40.6 Å². The van der Waals surface area contributed by atoms with Gasteiger partial charge in [-0.15, -0.1) is 0 Å². The summed E-state index contributed by atoms with van der Waals surface area (Å²) in [6.07, 6.45) is -1.11. The van der Waals surface area contributed by atoms with E-state index in [0.717, 1.165) is 12.8 Å². The SMILES string of the molecule is O=C(CCCc1ccccc1)N1CCN(C(=O)C2CCCC(C(F)(F)F)C2)CC1. The van der Waals surface area contributed by atoms with Crippen molar-refractivity contribution in [1.82, 2.24) is 9.80 Å². The maximum atomic E-state index is 13.0. The van der Waals surface area contributed by atoms with Gasteiger partial charge in [-0.1, -0.05) is 36.8 Å². The van der Waals surface area contributed by atoms with Crippen molar-refractivity contribution < 1.29 is 22.8 Å². The van der Waals surface area contributed by atoms with Crippen molar-refractivity contribution in [3.63, 3.8) is 0 Å². The molecule has 1 saturated carbocycles. The van der Waals surface area contributed by atoms with E-state index in [1.54, 1.807) is 9.80 Å². The zero-order valence-corrected chi connectivity index (χ0v) is 16.7. The molecule has 2 fully saturated rings. The molecule has 0 N–H and O–H groups in total. The number of alkyl halides is 3. The number of hydrogen-bond donors (Lipinski definition) is 0. The lowest BCUT2D eigenvalue weighted by Gasteiger charge is -2.38. The fourth-order valence-electron chi connectivity index (χ4n) is 4.39. The largest absolute Gasteiger partial charge is 0.391 e. The van der Waals surface area contributed by atoms with Crippen LogP contribution in [-0.2, 0) is 16.0 Å². The van der Waals surface area contributed by atoms with E-state index in [9.17, 15) is 22.8 Å². The molecule has 0 aromatic heterocycles. The highest BCUT2D eigenvalue weighted by atomic mass is 19.4. The van der Waals surface area contributed by atoms with Gasteiger partial charge in [0.1, 0.15) is 0 Å². The molecule has 1 aliphatic heterocycles. The number of aryl methyl sites for hydroxylation is 1. The van der Waals surface area contributed by atoms with Crippen LogP contribution in [0.25, 0.3) is 0 Å². The molecule has 160 valence electrons. The zero-order valence-electron chi connectivity index (χ0n) is 16.7. The van der Waals surface area contributed by atoms with Crippen molar-refractivity contribution in [3.05, 3.63) is 35.9 Å². The number of piperazine rings is 1. The van der Waals surface area contributed by atoms with Crippen molar-refractivity contribution in [2.75, 3.05) is 26.2 Å². The molecule has 2 atom stereocenters. The van der Waals surface area contributed by atoms with E-state index in [0.29, 0.717) is 45.4 Å². The van der Waals surface area contributed by atoms with E-state index in [-0.39, 0.29) is 24.7 Å². The number of halogens is 3. The molecule has 1 aliphatic carbocycles. The summed E-state index contributed by atoms with van der Waals surface area (Å²) in [5, 5.41) is 0.